The predicted molar refractivity (Wildman–Crippen MR) is 85.8 cm³/mol. The minimum Gasteiger partial charge on any atom is -0.331 e. The number of aromatic nitrogens is 2. The third-order valence-electron chi connectivity index (χ3n) is 4.02. The van der Waals surface area contributed by atoms with Gasteiger partial charge in [0.2, 0.25) is 0 Å². The fourth-order valence-corrected chi connectivity index (χ4v) is 3.36. The summed E-state index contributed by atoms with van der Waals surface area (Å²) in [5.41, 5.74) is 10.8. The molecule has 0 spiro atoms. The Labute approximate surface area is 128 Å². The van der Waals surface area contributed by atoms with E-state index < -0.39 is 0 Å². The van der Waals surface area contributed by atoms with Gasteiger partial charge in [-0.1, -0.05) is 22.0 Å². The van der Waals surface area contributed by atoms with Crippen molar-refractivity contribution in [3.8, 4) is 11.3 Å². The SMILES string of the molecule is Cc1ccc(Br)cc1-c1nc(CCN)n2c1CCCC2. The van der Waals surface area contributed by atoms with E-state index in [0.717, 1.165) is 35.4 Å². The lowest BCUT2D eigenvalue weighted by Crippen LogP contribution is -2.15. The molecule has 2 N–H and O–H groups in total. The maximum atomic E-state index is 5.73. The summed E-state index contributed by atoms with van der Waals surface area (Å²) in [7, 11) is 0. The van der Waals surface area contributed by atoms with Crippen LogP contribution in [0.5, 0.6) is 0 Å². The van der Waals surface area contributed by atoms with Crippen LogP contribution in [0.3, 0.4) is 0 Å². The Kier molecular flexibility index (Phi) is 3.94. The molecule has 1 aromatic heterocycles. The average molecular weight is 334 g/mol. The third kappa shape index (κ3) is 2.42. The van der Waals surface area contributed by atoms with Crippen LogP contribution in [-0.2, 0) is 19.4 Å². The molecule has 0 radical (unpaired) electrons. The Morgan fingerprint density at radius 1 is 1.35 bits per heavy atom. The highest BCUT2D eigenvalue weighted by molar-refractivity contribution is 9.10. The molecule has 0 bridgehead atoms. The van der Waals surface area contributed by atoms with E-state index in [4.69, 9.17) is 10.7 Å². The molecular formula is C16H20BrN3. The highest BCUT2D eigenvalue weighted by atomic mass is 79.9. The summed E-state index contributed by atoms with van der Waals surface area (Å²) in [5, 5.41) is 0. The zero-order valence-corrected chi connectivity index (χ0v) is 13.4. The minimum absolute atomic E-state index is 0.660. The number of rotatable bonds is 3. The van der Waals surface area contributed by atoms with Crippen molar-refractivity contribution in [2.24, 2.45) is 5.73 Å². The van der Waals surface area contributed by atoms with E-state index in [-0.39, 0.29) is 0 Å². The van der Waals surface area contributed by atoms with Gasteiger partial charge in [0.15, 0.2) is 0 Å². The topological polar surface area (TPSA) is 43.8 Å². The van der Waals surface area contributed by atoms with E-state index in [1.54, 1.807) is 0 Å². The van der Waals surface area contributed by atoms with E-state index in [1.807, 2.05) is 0 Å². The van der Waals surface area contributed by atoms with Crippen LogP contribution in [0.2, 0.25) is 0 Å². The molecule has 1 aliphatic rings. The Balaban J connectivity index is 2.15. The van der Waals surface area contributed by atoms with Crippen LogP contribution in [0.1, 0.15) is 29.9 Å². The minimum atomic E-state index is 0.660. The Morgan fingerprint density at radius 2 is 2.20 bits per heavy atom. The van der Waals surface area contributed by atoms with Gasteiger partial charge in [-0.05, 0) is 50.4 Å². The van der Waals surface area contributed by atoms with Crippen molar-refractivity contribution in [1.82, 2.24) is 9.55 Å². The summed E-state index contributed by atoms with van der Waals surface area (Å²) in [6.07, 6.45) is 4.49. The van der Waals surface area contributed by atoms with Crippen LogP contribution in [0.15, 0.2) is 22.7 Å². The molecule has 3 nitrogen and oxygen atoms in total. The van der Waals surface area contributed by atoms with Gasteiger partial charge in [0.25, 0.3) is 0 Å². The first-order valence-corrected chi connectivity index (χ1v) is 8.05. The predicted octanol–water partition coefficient (Wildman–Crippen LogP) is 3.46. The van der Waals surface area contributed by atoms with E-state index in [9.17, 15) is 0 Å². The van der Waals surface area contributed by atoms with Crippen molar-refractivity contribution in [3.63, 3.8) is 0 Å². The molecule has 20 heavy (non-hydrogen) atoms. The molecule has 0 unspecified atom stereocenters. The smallest absolute Gasteiger partial charge is 0.110 e. The number of hydrogen-bond donors (Lipinski definition) is 1. The first-order chi connectivity index (χ1) is 9.70. The van der Waals surface area contributed by atoms with Gasteiger partial charge in [-0.25, -0.2) is 4.98 Å². The van der Waals surface area contributed by atoms with Crippen LogP contribution >= 0.6 is 15.9 Å². The molecule has 1 aliphatic heterocycles. The van der Waals surface area contributed by atoms with Crippen molar-refractivity contribution >= 4 is 15.9 Å². The fraction of sp³-hybridized carbons (Fsp3) is 0.438. The molecule has 0 saturated heterocycles. The number of imidazole rings is 1. The van der Waals surface area contributed by atoms with Gasteiger partial charge >= 0.3 is 0 Å². The Hall–Kier alpha value is -1.13. The molecule has 0 atom stereocenters. The van der Waals surface area contributed by atoms with Crippen molar-refractivity contribution in [3.05, 3.63) is 39.8 Å². The van der Waals surface area contributed by atoms with Crippen molar-refractivity contribution in [2.75, 3.05) is 6.54 Å². The second kappa shape index (κ2) is 5.70. The summed E-state index contributed by atoms with van der Waals surface area (Å²) in [5.74, 6) is 1.15. The van der Waals surface area contributed by atoms with Crippen LogP contribution in [0.25, 0.3) is 11.3 Å². The summed E-state index contributed by atoms with van der Waals surface area (Å²) in [6, 6.07) is 6.41. The number of nitrogens with zero attached hydrogens (tertiary/aromatic N) is 2. The lowest BCUT2D eigenvalue weighted by Gasteiger charge is -2.17. The Morgan fingerprint density at radius 3 is 3.00 bits per heavy atom. The standard InChI is InChI=1S/C16H20BrN3/c1-11-5-6-12(17)10-13(11)16-14-4-2-3-9-20(14)15(19-16)7-8-18/h5-6,10H,2-4,7-9,18H2,1H3. The maximum Gasteiger partial charge on any atom is 0.110 e. The third-order valence-corrected chi connectivity index (χ3v) is 4.51. The molecule has 3 rings (SSSR count). The number of aryl methyl sites for hydroxylation is 1. The molecule has 0 amide bonds. The quantitative estimate of drug-likeness (QED) is 0.934. The van der Waals surface area contributed by atoms with Gasteiger partial charge in [0.1, 0.15) is 5.82 Å². The summed E-state index contributed by atoms with van der Waals surface area (Å²) >= 11 is 3.57. The zero-order valence-electron chi connectivity index (χ0n) is 11.8. The number of hydrogen-bond acceptors (Lipinski definition) is 2. The largest absolute Gasteiger partial charge is 0.331 e. The van der Waals surface area contributed by atoms with Gasteiger partial charge in [0, 0.05) is 28.7 Å². The summed E-state index contributed by atoms with van der Waals surface area (Å²) in [6.45, 7) is 3.90. The van der Waals surface area contributed by atoms with Gasteiger partial charge < -0.3 is 10.3 Å². The van der Waals surface area contributed by atoms with Crippen molar-refractivity contribution < 1.29 is 0 Å². The highest BCUT2D eigenvalue weighted by Gasteiger charge is 2.21. The van der Waals surface area contributed by atoms with Gasteiger partial charge in [-0.15, -0.1) is 0 Å². The molecule has 4 heteroatoms. The molecule has 0 saturated carbocycles. The van der Waals surface area contributed by atoms with Crippen molar-refractivity contribution in [2.45, 2.75) is 39.2 Å². The molecule has 2 aromatic rings. The highest BCUT2D eigenvalue weighted by Crippen LogP contribution is 2.32. The van der Waals surface area contributed by atoms with Crippen LogP contribution in [0, 0.1) is 6.92 Å². The number of benzene rings is 1. The van der Waals surface area contributed by atoms with E-state index in [0.29, 0.717) is 6.54 Å². The second-order valence-corrected chi connectivity index (χ2v) is 6.35. The van der Waals surface area contributed by atoms with Gasteiger partial charge in [0.05, 0.1) is 5.69 Å². The van der Waals surface area contributed by atoms with Gasteiger partial charge in [-0.2, -0.15) is 0 Å². The Bertz CT molecular complexity index is 631. The van der Waals surface area contributed by atoms with Crippen molar-refractivity contribution in [1.29, 1.82) is 0 Å². The fourth-order valence-electron chi connectivity index (χ4n) is 3.00. The molecule has 0 fully saturated rings. The van der Waals surface area contributed by atoms with E-state index >= 15 is 0 Å². The monoisotopic (exact) mass is 333 g/mol. The van der Waals surface area contributed by atoms with E-state index in [1.165, 1.54) is 29.7 Å². The second-order valence-electron chi connectivity index (χ2n) is 5.43. The summed E-state index contributed by atoms with van der Waals surface area (Å²) in [4.78, 5) is 4.92. The number of fused-ring (bicyclic) bond motifs is 1. The summed E-state index contributed by atoms with van der Waals surface area (Å²) < 4.78 is 3.50. The number of halogens is 1. The zero-order chi connectivity index (χ0) is 14.1. The lowest BCUT2D eigenvalue weighted by molar-refractivity contribution is 0.515. The lowest BCUT2D eigenvalue weighted by atomic mass is 10.0. The molecule has 1 aromatic carbocycles. The van der Waals surface area contributed by atoms with Crippen LogP contribution < -0.4 is 5.73 Å². The molecule has 106 valence electrons. The van der Waals surface area contributed by atoms with Crippen LogP contribution in [-0.4, -0.2) is 16.1 Å². The maximum absolute atomic E-state index is 5.73. The van der Waals surface area contributed by atoms with E-state index in [2.05, 4.69) is 45.6 Å². The molecule has 2 heterocycles. The van der Waals surface area contributed by atoms with Crippen LogP contribution in [0.4, 0.5) is 0 Å². The number of nitrogens with two attached hydrogens (primary N) is 1. The first kappa shape index (κ1) is 13.8. The molecule has 0 aliphatic carbocycles. The average Bonchev–Trinajstić information content (AvgIpc) is 2.81. The van der Waals surface area contributed by atoms with Gasteiger partial charge in [-0.3, -0.25) is 0 Å². The first-order valence-electron chi connectivity index (χ1n) is 7.25. The normalized spacial score (nSPS) is 14.3. The molecular weight excluding hydrogens is 314 g/mol.